The van der Waals surface area contributed by atoms with Crippen molar-refractivity contribution in [2.45, 2.75) is 59.0 Å². The first kappa shape index (κ1) is 19.8. The number of hydrogen-bond acceptors (Lipinski definition) is 5. The van der Waals surface area contributed by atoms with Crippen LogP contribution < -0.4 is 10.6 Å². The summed E-state index contributed by atoms with van der Waals surface area (Å²) in [5, 5.41) is 12.1. The number of aryl methyl sites for hydroxylation is 2. The Hall–Kier alpha value is -1.93. The smallest absolute Gasteiger partial charge is 0.341 e. The molecule has 2 aromatic rings. The first-order chi connectivity index (χ1) is 13.0. The van der Waals surface area contributed by atoms with Crippen LogP contribution in [0.1, 0.15) is 58.2 Å². The molecule has 0 bridgehead atoms. The van der Waals surface area contributed by atoms with Gasteiger partial charge in [0.2, 0.25) is 0 Å². The van der Waals surface area contributed by atoms with Crippen molar-refractivity contribution in [2.75, 3.05) is 12.4 Å². The van der Waals surface area contributed by atoms with Gasteiger partial charge in [0.05, 0.1) is 18.9 Å². The fourth-order valence-electron chi connectivity index (χ4n) is 3.45. The third kappa shape index (κ3) is 4.32. The van der Waals surface area contributed by atoms with E-state index in [4.69, 9.17) is 17.0 Å². The van der Waals surface area contributed by atoms with E-state index in [1.165, 1.54) is 18.4 Å². The molecule has 3 rings (SSSR count). The Bertz CT molecular complexity index is 841. The maximum atomic E-state index is 12.4. The topological polar surface area (TPSA) is 68.2 Å². The van der Waals surface area contributed by atoms with E-state index in [-0.39, 0.29) is 5.97 Å². The minimum atomic E-state index is -0.292. The molecule has 0 atom stereocenters. The highest BCUT2D eigenvalue weighted by Gasteiger charge is 2.25. The number of nitrogens with one attached hydrogen (secondary N) is 2. The summed E-state index contributed by atoms with van der Waals surface area (Å²) in [7, 11) is 1.43. The quantitative estimate of drug-likeness (QED) is 0.447. The summed E-state index contributed by atoms with van der Waals surface area (Å²) in [6.45, 7) is 5.56. The van der Waals surface area contributed by atoms with Crippen molar-refractivity contribution in [3.05, 3.63) is 33.5 Å². The Labute approximate surface area is 169 Å². The molecule has 0 unspecified atom stereocenters. The van der Waals surface area contributed by atoms with E-state index in [1.54, 1.807) is 11.3 Å². The molecule has 0 radical (unpaired) electrons. The van der Waals surface area contributed by atoms with Crippen LogP contribution >= 0.6 is 23.6 Å². The van der Waals surface area contributed by atoms with E-state index in [0.717, 1.165) is 54.0 Å². The van der Waals surface area contributed by atoms with Gasteiger partial charge in [0, 0.05) is 29.2 Å². The predicted molar refractivity (Wildman–Crippen MR) is 113 cm³/mol. The molecular weight excluding hydrogens is 380 g/mol. The summed E-state index contributed by atoms with van der Waals surface area (Å²) in [5.74, 6) is -0.292. The van der Waals surface area contributed by atoms with Crippen LogP contribution in [0.5, 0.6) is 0 Å². The number of rotatable bonds is 5. The SMILES string of the molecule is CCn1ncc(CNC(=S)Nc2sc3c(c2C(=O)OC)CCCCC3)c1C. The van der Waals surface area contributed by atoms with Gasteiger partial charge in [0.15, 0.2) is 5.11 Å². The number of thiocarbonyl (C=S) groups is 1. The molecule has 2 aromatic heterocycles. The fourth-order valence-corrected chi connectivity index (χ4v) is 4.97. The zero-order valence-electron chi connectivity index (χ0n) is 16.1. The number of ether oxygens (including phenoxy) is 1. The second kappa shape index (κ2) is 8.84. The van der Waals surface area contributed by atoms with E-state index in [2.05, 4.69) is 29.6 Å². The maximum Gasteiger partial charge on any atom is 0.341 e. The zero-order chi connectivity index (χ0) is 19.4. The second-order valence-corrected chi connectivity index (χ2v) is 8.15. The maximum absolute atomic E-state index is 12.4. The molecule has 6 nitrogen and oxygen atoms in total. The normalized spacial score (nSPS) is 13.6. The Morgan fingerprint density at radius 1 is 1.37 bits per heavy atom. The van der Waals surface area contributed by atoms with Crippen molar-refractivity contribution in [1.29, 1.82) is 0 Å². The fraction of sp³-hybridized carbons (Fsp3) is 0.526. The van der Waals surface area contributed by atoms with Gasteiger partial charge in [-0.1, -0.05) is 6.42 Å². The van der Waals surface area contributed by atoms with E-state index in [1.807, 2.05) is 10.9 Å². The van der Waals surface area contributed by atoms with Crippen LogP contribution in [0.2, 0.25) is 0 Å². The summed E-state index contributed by atoms with van der Waals surface area (Å²) in [4.78, 5) is 13.7. The monoisotopic (exact) mass is 406 g/mol. The molecule has 1 aliphatic rings. The average Bonchev–Trinajstić information content (AvgIpc) is 3.10. The molecule has 0 aromatic carbocycles. The van der Waals surface area contributed by atoms with Gasteiger partial charge in [-0.15, -0.1) is 11.3 Å². The minimum Gasteiger partial charge on any atom is -0.465 e. The number of anilines is 1. The number of carbonyl (C=O) groups is 1. The molecule has 1 aliphatic carbocycles. The Balaban J connectivity index is 1.73. The largest absolute Gasteiger partial charge is 0.465 e. The highest BCUT2D eigenvalue weighted by Crippen LogP contribution is 2.37. The predicted octanol–water partition coefficient (Wildman–Crippen LogP) is 3.82. The molecule has 0 fully saturated rings. The van der Waals surface area contributed by atoms with Gasteiger partial charge >= 0.3 is 5.97 Å². The van der Waals surface area contributed by atoms with Crippen LogP contribution in [0.15, 0.2) is 6.20 Å². The highest BCUT2D eigenvalue weighted by atomic mass is 32.1. The van der Waals surface area contributed by atoms with Gasteiger partial charge in [-0.2, -0.15) is 5.10 Å². The lowest BCUT2D eigenvalue weighted by molar-refractivity contribution is 0.0601. The number of thiophene rings is 1. The number of aromatic nitrogens is 2. The molecule has 0 aliphatic heterocycles. The second-order valence-electron chi connectivity index (χ2n) is 6.64. The van der Waals surface area contributed by atoms with Gasteiger partial charge in [-0.05, 0) is 57.3 Å². The average molecular weight is 407 g/mol. The molecule has 2 N–H and O–H groups in total. The number of hydrogen-bond donors (Lipinski definition) is 2. The Kier molecular flexibility index (Phi) is 6.49. The lowest BCUT2D eigenvalue weighted by atomic mass is 10.1. The van der Waals surface area contributed by atoms with Crippen LogP contribution in [-0.4, -0.2) is 28.0 Å². The van der Waals surface area contributed by atoms with Gasteiger partial charge in [0.25, 0.3) is 0 Å². The van der Waals surface area contributed by atoms with Crippen molar-refractivity contribution < 1.29 is 9.53 Å². The van der Waals surface area contributed by atoms with Gasteiger partial charge in [-0.3, -0.25) is 4.68 Å². The molecule has 0 saturated heterocycles. The van der Waals surface area contributed by atoms with Crippen molar-refractivity contribution in [2.24, 2.45) is 0 Å². The number of methoxy groups -OCH3 is 1. The molecule has 0 spiro atoms. The molecular formula is C19H26N4O2S2. The summed E-state index contributed by atoms with van der Waals surface area (Å²) in [6, 6.07) is 0. The lowest BCUT2D eigenvalue weighted by Gasteiger charge is -2.11. The Morgan fingerprint density at radius 3 is 2.85 bits per heavy atom. The molecule has 2 heterocycles. The first-order valence-electron chi connectivity index (χ1n) is 9.34. The van der Waals surface area contributed by atoms with Crippen LogP contribution in [0.4, 0.5) is 5.00 Å². The van der Waals surface area contributed by atoms with Crippen molar-refractivity contribution in [1.82, 2.24) is 15.1 Å². The van der Waals surface area contributed by atoms with Crippen LogP contribution in [0.25, 0.3) is 0 Å². The van der Waals surface area contributed by atoms with Gasteiger partial charge in [0.1, 0.15) is 5.00 Å². The number of esters is 1. The van der Waals surface area contributed by atoms with Crippen LogP contribution in [0.3, 0.4) is 0 Å². The summed E-state index contributed by atoms with van der Waals surface area (Å²) >= 11 is 7.09. The third-order valence-electron chi connectivity index (χ3n) is 4.98. The molecule has 146 valence electrons. The van der Waals surface area contributed by atoms with E-state index < -0.39 is 0 Å². The standard InChI is InChI=1S/C19H26N4O2S2/c1-4-23-12(2)13(11-21-23)10-20-19(26)22-17-16(18(24)25-3)14-8-6-5-7-9-15(14)27-17/h11H,4-10H2,1-3H3,(H2,20,22,26). The van der Waals surface area contributed by atoms with Gasteiger partial charge < -0.3 is 15.4 Å². The highest BCUT2D eigenvalue weighted by molar-refractivity contribution is 7.80. The van der Waals surface area contributed by atoms with Crippen molar-refractivity contribution >= 4 is 39.6 Å². The lowest BCUT2D eigenvalue weighted by Crippen LogP contribution is -2.28. The Morgan fingerprint density at radius 2 is 2.15 bits per heavy atom. The zero-order valence-corrected chi connectivity index (χ0v) is 17.7. The van der Waals surface area contributed by atoms with Crippen molar-refractivity contribution in [3.8, 4) is 0 Å². The first-order valence-corrected chi connectivity index (χ1v) is 10.6. The molecule has 8 heteroatoms. The number of fused-ring (bicyclic) bond motifs is 1. The summed E-state index contributed by atoms with van der Waals surface area (Å²) in [5.41, 5.74) is 4.02. The molecule has 0 amide bonds. The van der Waals surface area contributed by atoms with Crippen LogP contribution in [-0.2, 0) is 30.7 Å². The molecule has 0 saturated carbocycles. The van der Waals surface area contributed by atoms with E-state index in [0.29, 0.717) is 17.2 Å². The summed E-state index contributed by atoms with van der Waals surface area (Å²) in [6.07, 6.45) is 7.28. The van der Waals surface area contributed by atoms with E-state index >= 15 is 0 Å². The molecule has 27 heavy (non-hydrogen) atoms. The van der Waals surface area contributed by atoms with Gasteiger partial charge in [-0.25, -0.2) is 4.79 Å². The summed E-state index contributed by atoms with van der Waals surface area (Å²) < 4.78 is 6.99. The minimum absolute atomic E-state index is 0.292. The van der Waals surface area contributed by atoms with Crippen LogP contribution in [0, 0.1) is 6.92 Å². The van der Waals surface area contributed by atoms with E-state index in [9.17, 15) is 4.79 Å². The number of nitrogens with zero attached hydrogens (tertiary/aromatic N) is 2. The number of carbonyl (C=O) groups excluding carboxylic acids is 1. The third-order valence-corrected chi connectivity index (χ3v) is 6.44. The van der Waals surface area contributed by atoms with Crippen molar-refractivity contribution in [3.63, 3.8) is 0 Å².